The van der Waals surface area contributed by atoms with Crippen molar-refractivity contribution in [2.24, 2.45) is 11.7 Å². The number of hydrogen-bond donors (Lipinski definition) is 1. The van der Waals surface area contributed by atoms with E-state index in [-0.39, 0.29) is 11.6 Å². The zero-order valence-corrected chi connectivity index (χ0v) is 10.5. The fourth-order valence-corrected chi connectivity index (χ4v) is 3.72. The van der Waals surface area contributed by atoms with Gasteiger partial charge in [0.2, 0.25) is 0 Å². The van der Waals surface area contributed by atoms with E-state index in [0.29, 0.717) is 5.92 Å². The third kappa shape index (κ3) is 1.66. The lowest BCUT2D eigenvalue weighted by Crippen LogP contribution is -2.45. The van der Waals surface area contributed by atoms with E-state index < -0.39 is 0 Å². The number of ether oxygens (including phenoxy) is 1. The molecule has 92 valence electrons. The molecule has 0 radical (unpaired) electrons. The molecule has 2 N–H and O–H groups in total. The molecule has 0 saturated heterocycles. The fraction of sp³-hybridized carbons (Fsp3) is 0.600. The minimum absolute atomic E-state index is 0.0303. The molecule has 1 aliphatic carbocycles. The van der Waals surface area contributed by atoms with Crippen LogP contribution in [0.2, 0.25) is 0 Å². The van der Waals surface area contributed by atoms with Crippen LogP contribution in [0.5, 0.6) is 5.75 Å². The standard InChI is InChI=1S/C15H21NO/c1-2-11-6-5-9-15(11)10-13(16)12-7-3-4-8-14(12)17-15/h3-4,7-8,11,13H,2,5-6,9-10,16H2,1H3/t11?,13-,15?/m1/s1. The Balaban J connectivity index is 1.97. The summed E-state index contributed by atoms with van der Waals surface area (Å²) in [5.74, 6) is 1.70. The van der Waals surface area contributed by atoms with Gasteiger partial charge in [-0.1, -0.05) is 25.1 Å². The summed E-state index contributed by atoms with van der Waals surface area (Å²) in [6, 6.07) is 8.41. The molecule has 1 spiro atoms. The van der Waals surface area contributed by atoms with Crippen LogP contribution in [0.4, 0.5) is 0 Å². The monoisotopic (exact) mass is 231 g/mol. The summed E-state index contributed by atoms with van der Waals surface area (Å²) in [5.41, 5.74) is 7.55. The van der Waals surface area contributed by atoms with Crippen LogP contribution in [0.1, 0.15) is 50.6 Å². The largest absolute Gasteiger partial charge is 0.487 e. The van der Waals surface area contributed by atoms with E-state index in [1.54, 1.807) is 0 Å². The maximum absolute atomic E-state index is 6.37. The second-order valence-electron chi connectivity index (χ2n) is 5.51. The van der Waals surface area contributed by atoms with Gasteiger partial charge in [0.25, 0.3) is 0 Å². The van der Waals surface area contributed by atoms with Gasteiger partial charge in [0.05, 0.1) is 0 Å². The zero-order valence-electron chi connectivity index (χ0n) is 10.5. The molecule has 1 aliphatic heterocycles. The highest BCUT2D eigenvalue weighted by Gasteiger charge is 2.47. The molecule has 2 aliphatic rings. The molecule has 0 aromatic heterocycles. The van der Waals surface area contributed by atoms with Crippen LogP contribution in [0.25, 0.3) is 0 Å². The topological polar surface area (TPSA) is 35.2 Å². The van der Waals surface area contributed by atoms with Crippen molar-refractivity contribution in [3.8, 4) is 5.75 Å². The van der Waals surface area contributed by atoms with Crippen LogP contribution in [-0.4, -0.2) is 5.60 Å². The lowest BCUT2D eigenvalue weighted by atomic mass is 9.79. The molecule has 3 rings (SSSR count). The molecule has 1 saturated carbocycles. The van der Waals surface area contributed by atoms with Crippen LogP contribution in [0, 0.1) is 5.92 Å². The highest BCUT2D eigenvalue weighted by molar-refractivity contribution is 5.39. The van der Waals surface area contributed by atoms with Gasteiger partial charge in [-0.3, -0.25) is 0 Å². The molecule has 2 nitrogen and oxygen atoms in total. The summed E-state index contributed by atoms with van der Waals surface area (Å²) < 4.78 is 6.37. The molecule has 1 heterocycles. The summed E-state index contributed by atoms with van der Waals surface area (Å²) in [6.45, 7) is 2.27. The van der Waals surface area contributed by atoms with Gasteiger partial charge in [-0.25, -0.2) is 0 Å². The second-order valence-corrected chi connectivity index (χ2v) is 5.51. The normalized spacial score (nSPS) is 35.6. The Labute approximate surface area is 103 Å². The number of para-hydroxylation sites is 1. The number of fused-ring (bicyclic) bond motifs is 1. The van der Waals surface area contributed by atoms with Crippen molar-refractivity contribution in [3.63, 3.8) is 0 Å². The SMILES string of the molecule is CCC1CCCC12C[C@@H](N)c1ccccc1O2. The van der Waals surface area contributed by atoms with E-state index in [0.717, 1.165) is 12.2 Å². The van der Waals surface area contributed by atoms with Crippen LogP contribution < -0.4 is 10.5 Å². The Morgan fingerprint density at radius 3 is 3.06 bits per heavy atom. The lowest BCUT2D eigenvalue weighted by Gasteiger charge is -2.42. The molecule has 0 bridgehead atoms. The number of hydrogen-bond acceptors (Lipinski definition) is 2. The third-order valence-electron chi connectivity index (χ3n) is 4.59. The van der Waals surface area contributed by atoms with Gasteiger partial charge in [0.1, 0.15) is 11.4 Å². The maximum Gasteiger partial charge on any atom is 0.124 e. The van der Waals surface area contributed by atoms with Crippen LogP contribution in [-0.2, 0) is 0 Å². The Kier molecular flexibility index (Phi) is 2.62. The fourth-order valence-electron chi connectivity index (χ4n) is 3.72. The minimum atomic E-state index is 0.0303. The Morgan fingerprint density at radius 2 is 2.24 bits per heavy atom. The highest BCUT2D eigenvalue weighted by atomic mass is 16.5. The van der Waals surface area contributed by atoms with Gasteiger partial charge in [-0.2, -0.15) is 0 Å². The van der Waals surface area contributed by atoms with Crippen molar-refractivity contribution in [2.45, 2.75) is 50.7 Å². The van der Waals surface area contributed by atoms with E-state index in [1.165, 1.54) is 31.2 Å². The van der Waals surface area contributed by atoms with Crippen molar-refractivity contribution in [1.82, 2.24) is 0 Å². The van der Waals surface area contributed by atoms with E-state index in [9.17, 15) is 0 Å². The highest BCUT2D eigenvalue weighted by Crippen LogP contribution is 2.50. The first-order chi connectivity index (χ1) is 8.25. The molecule has 1 aromatic rings. The van der Waals surface area contributed by atoms with Gasteiger partial charge >= 0.3 is 0 Å². The van der Waals surface area contributed by atoms with Crippen molar-refractivity contribution in [3.05, 3.63) is 29.8 Å². The summed E-state index contributed by atoms with van der Waals surface area (Å²) in [7, 11) is 0. The predicted molar refractivity (Wildman–Crippen MR) is 69.0 cm³/mol. The van der Waals surface area contributed by atoms with Gasteiger partial charge < -0.3 is 10.5 Å². The van der Waals surface area contributed by atoms with Gasteiger partial charge in [-0.05, 0) is 37.7 Å². The summed E-state index contributed by atoms with van der Waals surface area (Å²) >= 11 is 0. The Hall–Kier alpha value is -1.02. The first kappa shape index (κ1) is 11.1. The smallest absolute Gasteiger partial charge is 0.124 e. The Morgan fingerprint density at radius 1 is 1.41 bits per heavy atom. The van der Waals surface area contributed by atoms with Gasteiger partial charge in [-0.15, -0.1) is 0 Å². The number of benzene rings is 1. The van der Waals surface area contributed by atoms with E-state index in [2.05, 4.69) is 19.1 Å². The van der Waals surface area contributed by atoms with Crippen molar-refractivity contribution in [1.29, 1.82) is 0 Å². The van der Waals surface area contributed by atoms with Crippen LogP contribution >= 0.6 is 0 Å². The summed E-state index contributed by atoms with van der Waals surface area (Å²) in [6.07, 6.45) is 5.95. The first-order valence-electron chi connectivity index (χ1n) is 6.79. The van der Waals surface area contributed by atoms with E-state index in [4.69, 9.17) is 10.5 Å². The quantitative estimate of drug-likeness (QED) is 0.803. The third-order valence-corrected chi connectivity index (χ3v) is 4.59. The molecule has 0 amide bonds. The zero-order chi connectivity index (χ0) is 11.9. The van der Waals surface area contributed by atoms with Crippen molar-refractivity contribution in [2.75, 3.05) is 0 Å². The second kappa shape index (κ2) is 4.02. The van der Waals surface area contributed by atoms with Crippen molar-refractivity contribution >= 4 is 0 Å². The first-order valence-corrected chi connectivity index (χ1v) is 6.79. The molecule has 2 heteroatoms. The Bertz CT molecular complexity index is 417. The molecular formula is C15H21NO. The van der Waals surface area contributed by atoms with E-state index in [1.807, 2.05) is 12.1 Å². The molecule has 1 aromatic carbocycles. The molecular weight excluding hydrogens is 210 g/mol. The average Bonchev–Trinajstić information content (AvgIpc) is 2.71. The molecule has 3 atom stereocenters. The van der Waals surface area contributed by atoms with E-state index >= 15 is 0 Å². The minimum Gasteiger partial charge on any atom is -0.487 e. The van der Waals surface area contributed by atoms with Crippen molar-refractivity contribution < 1.29 is 4.74 Å². The predicted octanol–water partition coefficient (Wildman–Crippen LogP) is 3.42. The van der Waals surface area contributed by atoms with Gasteiger partial charge in [0.15, 0.2) is 0 Å². The summed E-state index contributed by atoms with van der Waals surface area (Å²) in [5, 5.41) is 0. The number of nitrogens with two attached hydrogens (primary N) is 1. The molecule has 1 fully saturated rings. The van der Waals surface area contributed by atoms with Gasteiger partial charge in [0, 0.05) is 18.0 Å². The summed E-state index contributed by atoms with van der Waals surface area (Å²) in [4.78, 5) is 0. The van der Waals surface area contributed by atoms with Crippen LogP contribution in [0.15, 0.2) is 24.3 Å². The lowest BCUT2D eigenvalue weighted by molar-refractivity contribution is -0.000941. The van der Waals surface area contributed by atoms with Crippen LogP contribution in [0.3, 0.4) is 0 Å². The maximum atomic E-state index is 6.37. The molecule has 2 unspecified atom stereocenters. The average molecular weight is 231 g/mol. The number of rotatable bonds is 1. The molecule has 17 heavy (non-hydrogen) atoms.